The normalized spacial score (nSPS) is 23.4. The fourth-order valence-electron chi connectivity index (χ4n) is 2.56. The van der Waals surface area contributed by atoms with Crippen LogP contribution in [0, 0.1) is 5.92 Å². The molecule has 1 heterocycles. The molecule has 0 amide bonds. The van der Waals surface area contributed by atoms with Crippen LogP contribution in [0.25, 0.3) is 0 Å². The molecule has 1 rings (SSSR count). The SMILES string of the molecule is CCNC(C)C1CCCN(S(=O)(=O)CCOCC)C1. The second kappa shape index (κ2) is 8.19. The first-order valence-corrected chi connectivity index (χ1v) is 8.91. The fraction of sp³-hybridized carbons (Fsp3) is 1.00. The molecule has 2 unspecified atom stereocenters. The first-order chi connectivity index (χ1) is 9.01. The van der Waals surface area contributed by atoms with Crippen LogP contribution in [-0.2, 0) is 14.8 Å². The second-order valence-electron chi connectivity index (χ2n) is 5.12. The van der Waals surface area contributed by atoms with Crippen molar-refractivity contribution >= 4 is 10.0 Å². The molecular formula is C13H28N2O3S. The van der Waals surface area contributed by atoms with E-state index in [4.69, 9.17) is 4.74 Å². The smallest absolute Gasteiger partial charge is 0.216 e. The van der Waals surface area contributed by atoms with Crippen LogP contribution in [0.1, 0.15) is 33.6 Å². The van der Waals surface area contributed by atoms with Gasteiger partial charge in [-0.3, -0.25) is 0 Å². The van der Waals surface area contributed by atoms with E-state index in [-0.39, 0.29) is 5.75 Å². The lowest BCUT2D eigenvalue weighted by molar-refractivity contribution is 0.161. The van der Waals surface area contributed by atoms with Crippen LogP contribution in [0.3, 0.4) is 0 Å². The molecule has 5 nitrogen and oxygen atoms in total. The van der Waals surface area contributed by atoms with Crippen molar-refractivity contribution in [2.24, 2.45) is 5.92 Å². The number of rotatable bonds is 8. The molecule has 1 saturated heterocycles. The van der Waals surface area contributed by atoms with Gasteiger partial charge in [0, 0.05) is 25.7 Å². The predicted molar refractivity (Wildman–Crippen MR) is 77.7 cm³/mol. The van der Waals surface area contributed by atoms with Gasteiger partial charge in [0.25, 0.3) is 0 Å². The number of ether oxygens (including phenoxy) is 1. The topological polar surface area (TPSA) is 58.6 Å². The third-order valence-electron chi connectivity index (χ3n) is 3.74. The molecular weight excluding hydrogens is 264 g/mol. The summed E-state index contributed by atoms with van der Waals surface area (Å²) in [7, 11) is -3.16. The maximum absolute atomic E-state index is 12.2. The Kier molecular flexibility index (Phi) is 7.28. The summed E-state index contributed by atoms with van der Waals surface area (Å²) in [6.07, 6.45) is 2.06. The minimum absolute atomic E-state index is 0.100. The van der Waals surface area contributed by atoms with Gasteiger partial charge in [-0.2, -0.15) is 0 Å². The molecule has 0 radical (unpaired) electrons. The lowest BCUT2D eigenvalue weighted by Gasteiger charge is -2.35. The van der Waals surface area contributed by atoms with Crippen LogP contribution in [0.5, 0.6) is 0 Å². The molecule has 19 heavy (non-hydrogen) atoms. The van der Waals surface area contributed by atoms with E-state index < -0.39 is 10.0 Å². The first kappa shape index (κ1) is 16.9. The average molecular weight is 292 g/mol. The van der Waals surface area contributed by atoms with E-state index in [9.17, 15) is 8.42 Å². The van der Waals surface area contributed by atoms with Crippen molar-refractivity contribution < 1.29 is 13.2 Å². The molecule has 0 spiro atoms. The Morgan fingerprint density at radius 1 is 1.42 bits per heavy atom. The summed E-state index contributed by atoms with van der Waals surface area (Å²) in [5, 5.41) is 3.39. The number of nitrogens with zero attached hydrogens (tertiary/aromatic N) is 1. The third-order valence-corrected chi connectivity index (χ3v) is 5.54. The summed E-state index contributed by atoms with van der Waals surface area (Å²) in [5.74, 6) is 0.513. The van der Waals surface area contributed by atoms with Crippen LogP contribution in [0.2, 0.25) is 0 Å². The van der Waals surface area contributed by atoms with Crippen LogP contribution in [0.15, 0.2) is 0 Å². The monoisotopic (exact) mass is 292 g/mol. The van der Waals surface area contributed by atoms with E-state index in [0.717, 1.165) is 19.4 Å². The third kappa shape index (κ3) is 5.38. The Morgan fingerprint density at radius 2 is 2.16 bits per heavy atom. The maximum atomic E-state index is 12.2. The van der Waals surface area contributed by atoms with Crippen LogP contribution in [-0.4, -0.2) is 57.4 Å². The molecule has 1 aliphatic rings. The van der Waals surface area contributed by atoms with Crippen molar-refractivity contribution in [1.29, 1.82) is 0 Å². The molecule has 1 fully saturated rings. The molecule has 6 heteroatoms. The van der Waals surface area contributed by atoms with Gasteiger partial charge in [-0.05, 0) is 39.2 Å². The molecule has 1 aliphatic heterocycles. The Hall–Kier alpha value is -0.170. The standard InChI is InChI=1S/C13H28N2O3S/c1-4-14-12(3)13-7-6-8-15(11-13)19(16,17)10-9-18-5-2/h12-14H,4-11H2,1-3H3. The van der Waals surface area contributed by atoms with Crippen LogP contribution in [0.4, 0.5) is 0 Å². The predicted octanol–water partition coefficient (Wildman–Crippen LogP) is 1.06. The molecule has 2 atom stereocenters. The van der Waals surface area contributed by atoms with E-state index in [2.05, 4.69) is 19.2 Å². The van der Waals surface area contributed by atoms with Gasteiger partial charge in [-0.25, -0.2) is 12.7 Å². The number of piperidine rings is 1. The minimum Gasteiger partial charge on any atom is -0.381 e. The summed E-state index contributed by atoms with van der Waals surface area (Å²) < 4.78 is 31.2. The maximum Gasteiger partial charge on any atom is 0.216 e. The van der Waals surface area contributed by atoms with Gasteiger partial charge in [-0.15, -0.1) is 0 Å². The number of sulfonamides is 1. The van der Waals surface area contributed by atoms with E-state index in [1.807, 2.05) is 6.92 Å². The van der Waals surface area contributed by atoms with Crippen molar-refractivity contribution in [2.45, 2.75) is 39.7 Å². The highest BCUT2D eigenvalue weighted by atomic mass is 32.2. The lowest BCUT2D eigenvalue weighted by Crippen LogP contribution is -2.47. The van der Waals surface area contributed by atoms with Crippen molar-refractivity contribution in [3.05, 3.63) is 0 Å². The fourth-order valence-corrected chi connectivity index (χ4v) is 3.97. The van der Waals surface area contributed by atoms with Gasteiger partial charge in [0.05, 0.1) is 12.4 Å². The zero-order valence-corrected chi connectivity index (χ0v) is 13.2. The Labute approximate surface area is 117 Å². The Morgan fingerprint density at radius 3 is 2.79 bits per heavy atom. The number of hydrogen-bond donors (Lipinski definition) is 1. The molecule has 0 aromatic heterocycles. The average Bonchev–Trinajstić information content (AvgIpc) is 2.39. The molecule has 0 bridgehead atoms. The van der Waals surface area contributed by atoms with Gasteiger partial charge >= 0.3 is 0 Å². The van der Waals surface area contributed by atoms with E-state index in [1.54, 1.807) is 4.31 Å². The summed E-state index contributed by atoms with van der Waals surface area (Å²) >= 11 is 0. The zero-order chi connectivity index (χ0) is 14.3. The van der Waals surface area contributed by atoms with Gasteiger partial charge in [0.1, 0.15) is 0 Å². The van der Waals surface area contributed by atoms with E-state index >= 15 is 0 Å². The highest BCUT2D eigenvalue weighted by Crippen LogP contribution is 2.22. The van der Waals surface area contributed by atoms with Crippen molar-refractivity contribution in [3.8, 4) is 0 Å². The highest BCUT2D eigenvalue weighted by molar-refractivity contribution is 7.89. The molecule has 114 valence electrons. The molecule has 0 saturated carbocycles. The van der Waals surface area contributed by atoms with Crippen molar-refractivity contribution in [1.82, 2.24) is 9.62 Å². The van der Waals surface area contributed by atoms with E-state index in [1.165, 1.54) is 0 Å². The molecule has 0 aliphatic carbocycles. The largest absolute Gasteiger partial charge is 0.381 e. The quantitative estimate of drug-likeness (QED) is 0.680. The lowest BCUT2D eigenvalue weighted by atomic mass is 9.93. The highest BCUT2D eigenvalue weighted by Gasteiger charge is 2.30. The molecule has 0 aromatic carbocycles. The molecule has 0 aromatic rings. The van der Waals surface area contributed by atoms with Gasteiger partial charge in [0.2, 0.25) is 10.0 Å². The molecule has 1 N–H and O–H groups in total. The Bertz CT molecular complexity index is 346. The summed E-state index contributed by atoms with van der Waals surface area (Å²) in [6.45, 7) is 9.18. The van der Waals surface area contributed by atoms with Gasteiger partial charge in [-0.1, -0.05) is 6.92 Å². The van der Waals surface area contributed by atoms with Crippen molar-refractivity contribution in [2.75, 3.05) is 38.6 Å². The summed E-state index contributed by atoms with van der Waals surface area (Å²) in [4.78, 5) is 0. The Balaban J connectivity index is 2.53. The second-order valence-corrected chi connectivity index (χ2v) is 7.21. The number of nitrogens with one attached hydrogen (secondary N) is 1. The van der Waals surface area contributed by atoms with Crippen LogP contribution >= 0.6 is 0 Å². The van der Waals surface area contributed by atoms with Crippen LogP contribution < -0.4 is 5.32 Å². The number of hydrogen-bond acceptors (Lipinski definition) is 4. The summed E-state index contributed by atoms with van der Waals surface area (Å²) in [5.41, 5.74) is 0. The first-order valence-electron chi connectivity index (χ1n) is 7.30. The zero-order valence-electron chi connectivity index (χ0n) is 12.4. The van der Waals surface area contributed by atoms with Crippen molar-refractivity contribution in [3.63, 3.8) is 0 Å². The van der Waals surface area contributed by atoms with Gasteiger partial charge < -0.3 is 10.1 Å². The minimum atomic E-state index is -3.16. The van der Waals surface area contributed by atoms with E-state index in [0.29, 0.717) is 38.3 Å². The summed E-state index contributed by atoms with van der Waals surface area (Å²) in [6, 6.07) is 0.370. The van der Waals surface area contributed by atoms with Gasteiger partial charge in [0.15, 0.2) is 0 Å².